The van der Waals surface area contributed by atoms with Crippen molar-refractivity contribution in [3.05, 3.63) is 65.8 Å². The van der Waals surface area contributed by atoms with Gasteiger partial charge in [0, 0.05) is 12.2 Å². The lowest BCUT2D eigenvalue weighted by atomic mass is 9.98. The summed E-state index contributed by atoms with van der Waals surface area (Å²) >= 11 is 0. The van der Waals surface area contributed by atoms with Gasteiger partial charge >= 0.3 is 17.9 Å². The lowest BCUT2D eigenvalue weighted by molar-refractivity contribution is -0.150. The largest absolute Gasteiger partial charge is 0.478 e. The third-order valence-electron chi connectivity index (χ3n) is 3.14. The van der Waals surface area contributed by atoms with E-state index in [4.69, 9.17) is 5.11 Å². The maximum Gasteiger partial charge on any atom is 0.346 e. The first-order valence-electron chi connectivity index (χ1n) is 7.57. The zero-order valence-corrected chi connectivity index (χ0v) is 13.5. The third kappa shape index (κ3) is 6.44. The molecule has 0 saturated carbocycles. The van der Waals surface area contributed by atoms with E-state index in [1.54, 1.807) is 0 Å². The van der Waals surface area contributed by atoms with E-state index in [9.17, 15) is 14.4 Å². The standard InChI is InChI=1S/C16H16O3.C3H4O2/c1-2-3-9-13(10-12-7-5-4-6-8-12)14-11-15(17)19-16(14)18;1-2-3(4)5/h4-8,10-11H,2-3,9H2,1H3;2H,1H2,(H,4,5). The molecular weight excluding hydrogens is 308 g/mol. The Bertz CT molecular complexity index is 668. The summed E-state index contributed by atoms with van der Waals surface area (Å²) in [6.07, 6.45) is 6.83. The van der Waals surface area contributed by atoms with Crippen LogP contribution in [0.2, 0.25) is 0 Å². The molecule has 1 aliphatic rings. The van der Waals surface area contributed by atoms with Crippen LogP contribution >= 0.6 is 0 Å². The predicted octanol–water partition coefficient (Wildman–Crippen LogP) is 3.53. The molecule has 0 aromatic heterocycles. The Morgan fingerprint density at radius 2 is 1.88 bits per heavy atom. The topological polar surface area (TPSA) is 80.7 Å². The van der Waals surface area contributed by atoms with E-state index in [2.05, 4.69) is 18.2 Å². The Balaban J connectivity index is 0.000000505. The van der Waals surface area contributed by atoms with Crippen molar-refractivity contribution in [2.75, 3.05) is 0 Å². The normalized spacial score (nSPS) is 13.5. The number of carbonyl (C=O) groups is 3. The average Bonchev–Trinajstić information content (AvgIpc) is 2.91. The molecule has 0 bridgehead atoms. The Kier molecular flexibility index (Phi) is 7.91. The molecule has 5 heteroatoms. The number of carboxylic acids is 1. The summed E-state index contributed by atoms with van der Waals surface area (Å²) in [5.41, 5.74) is 2.27. The molecule has 2 rings (SSSR count). The molecule has 0 saturated heterocycles. The molecule has 0 unspecified atom stereocenters. The Hall–Kier alpha value is -2.95. The monoisotopic (exact) mass is 328 g/mol. The fourth-order valence-corrected chi connectivity index (χ4v) is 1.98. The number of carbonyl (C=O) groups excluding carboxylic acids is 2. The van der Waals surface area contributed by atoms with Gasteiger partial charge in [-0.2, -0.15) is 0 Å². The minimum absolute atomic E-state index is 0.391. The minimum atomic E-state index is -0.981. The van der Waals surface area contributed by atoms with Gasteiger partial charge < -0.3 is 9.84 Å². The van der Waals surface area contributed by atoms with E-state index in [0.29, 0.717) is 5.57 Å². The molecule has 0 amide bonds. The van der Waals surface area contributed by atoms with Gasteiger partial charge in [-0.15, -0.1) is 0 Å². The van der Waals surface area contributed by atoms with E-state index >= 15 is 0 Å². The van der Waals surface area contributed by atoms with Gasteiger partial charge in [-0.25, -0.2) is 14.4 Å². The SMILES string of the molecule is C=CC(=O)O.CCCCC(=Cc1ccccc1)C1=CC(=O)OC1=O. The van der Waals surface area contributed by atoms with Gasteiger partial charge in [0.1, 0.15) is 0 Å². The average molecular weight is 328 g/mol. The van der Waals surface area contributed by atoms with Crippen molar-refractivity contribution in [1.29, 1.82) is 0 Å². The number of carboxylic acid groups (broad SMARTS) is 1. The lowest BCUT2D eigenvalue weighted by Crippen LogP contribution is -2.04. The van der Waals surface area contributed by atoms with Crippen LogP contribution in [-0.4, -0.2) is 23.0 Å². The number of ether oxygens (including phenoxy) is 1. The van der Waals surface area contributed by atoms with E-state index in [0.717, 1.165) is 36.5 Å². The molecule has 0 aliphatic carbocycles. The zero-order chi connectivity index (χ0) is 17.9. The van der Waals surface area contributed by atoms with Crippen LogP contribution < -0.4 is 0 Å². The van der Waals surface area contributed by atoms with Crippen LogP contribution in [0.1, 0.15) is 31.7 Å². The number of benzene rings is 1. The molecule has 1 heterocycles. The van der Waals surface area contributed by atoms with E-state index in [1.165, 1.54) is 6.08 Å². The number of unbranched alkanes of at least 4 members (excludes halogenated alkanes) is 1. The highest BCUT2D eigenvalue weighted by Crippen LogP contribution is 2.25. The summed E-state index contributed by atoms with van der Waals surface area (Å²) < 4.78 is 4.56. The van der Waals surface area contributed by atoms with Crippen molar-refractivity contribution < 1.29 is 24.2 Å². The first-order chi connectivity index (χ1) is 11.5. The highest BCUT2D eigenvalue weighted by atomic mass is 16.6. The quantitative estimate of drug-likeness (QED) is 0.491. The molecule has 0 atom stereocenters. The molecule has 1 N–H and O–H groups in total. The number of rotatable bonds is 6. The smallest absolute Gasteiger partial charge is 0.346 e. The van der Waals surface area contributed by atoms with Gasteiger partial charge in [-0.1, -0.05) is 56.3 Å². The summed E-state index contributed by atoms with van der Waals surface area (Å²) in [7, 11) is 0. The van der Waals surface area contributed by atoms with Gasteiger partial charge in [0.15, 0.2) is 0 Å². The van der Waals surface area contributed by atoms with Gasteiger partial charge in [-0.3, -0.25) is 0 Å². The highest BCUT2D eigenvalue weighted by Gasteiger charge is 2.26. The van der Waals surface area contributed by atoms with Crippen molar-refractivity contribution in [2.24, 2.45) is 0 Å². The van der Waals surface area contributed by atoms with Crippen molar-refractivity contribution in [1.82, 2.24) is 0 Å². The summed E-state index contributed by atoms with van der Waals surface area (Å²) in [6, 6.07) is 9.75. The summed E-state index contributed by atoms with van der Waals surface area (Å²) in [6.45, 7) is 5.05. The fourth-order valence-electron chi connectivity index (χ4n) is 1.98. The number of esters is 2. The van der Waals surface area contributed by atoms with Crippen molar-refractivity contribution in [3.63, 3.8) is 0 Å². The summed E-state index contributed by atoms with van der Waals surface area (Å²) in [5.74, 6) is -2.09. The van der Waals surface area contributed by atoms with Crippen LogP contribution in [0, 0.1) is 0 Å². The van der Waals surface area contributed by atoms with Gasteiger partial charge in [0.25, 0.3) is 0 Å². The second kappa shape index (κ2) is 9.94. The maximum absolute atomic E-state index is 11.6. The molecule has 1 aromatic rings. The minimum Gasteiger partial charge on any atom is -0.478 e. The molecule has 126 valence electrons. The first kappa shape index (κ1) is 19.1. The molecule has 0 radical (unpaired) electrons. The van der Waals surface area contributed by atoms with Crippen LogP contribution in [0.4, 0.5) is 0 Å². The summed E-state index contributed by atoms with van der Waals surface area (Å²) in [4.78, 5) is 32.0. The lowest BCUT2D eigenvalue weighted by Gasteiger charge is -2.06. The molecular formula is C19H20O5. The molecule has 24 heavy (non-hydrogen) atoms. The van der Waals surface area contributed by atoms with Crippen LogP contribution in [0.3, 0.4) is 0 Å². The molecule has 1 aliphatic heterocycles. The van der Waals surface area contributed by atoms with Crippen LogP contribution in [0.15, 0.2) is 60.2 Å². The van der Waals surface area contributed by atoms with Gasteiger partial charge in [0.2, 0.25) is 0 Å². The predicted molar refractivity (Wildman–Crippen MR) is 91.0 cm³/mol. The molecule has 1 aromatic carbocycles. The Morgan fingerprint density at radius 3 is 2.33 bits per heavy atom. The van der Waals surface area contributed by atoms with Crippen LogP contribution in [0.25, 0.3) is 6.08 Å². The van der Waals surface area contributed by atoms with Crippen molar-refractivity contribution in [3.8, 4) is 0 Å². The zero-order valence-electron chi connectivity index (χ0n) is 13.5. The number of cyclic esters (lactones) is 2. The second-order valence-corrected chi connectivity index (χ2v) is 4.99. The Labute approximate surface area is 140 Å². The maximum atomic E-state index is 11.6. The van der Waals surface area contributed by atoms with E-state index in [-0.39, 0.29) is 0 Å². The van der Waals surface area contributed by atoms with Gasteiger partial charge in [0.05, 0.1) is 5.57 Å². The first-order valence-corrected chi connectivity index (χ1v) is 7.57. The number of hydrogen-bond donors (Lipinski definition) is 1. The van der Waals surface area contributed by atoms with E-state index < -0.39 is 17.9 Å². The number of hydrogen-bond acceptors (Lipinski definition) is 4. The molecule has 0 spiro atoms. The number of aliphatic carboxylic acids is 1. The van der Waals surface area contributed by atoms with Crippen molar-refractivity contribution >= 4 is 24.0 Å². The van der Waals surface area contributed by atoms with Crippen molar-refractivity contribution in [2.45, 2.75) is 26.2 Å². The van der Waals surface area contributed by atoms with Crippen LogP contribution in [0.5, 0.6) is 0 Å². The van der Waals surface area contributed by atoms with Gasteiger partial charge in [-0.05, 0) is 24.0 Å². The Morgan fingerprint density at radius 1 is 1.25 bits per heavy atom. The second-order valence-electron chi connectivity index (χ2n) is 4.99. The summed E-state index contributed by atoms with van der Waals surface area (Å²) in [5, 5.41) is 7.60. The third-order valence-corrected chi connectivity index (χ3v) is 3.14. The highest BCUT2D eigenvalue weighted by molar-refractivity contribution is 6.12. The molecule has 0 fully saturated rings. The van der Waals surface area contributed by atoms with E-state index in [1.807, 2.05) is 36.4 Å². The molecule has 5 nitrogen and oxygen atoms in total. The van der Waals surface area contributed by atoms with Crippen LogP contribution in [-0.2, 0) is 19.1 Å². The fraction of sp³-hybridized carbons (Fsp3) is 0.211.